The molecule has 1 aliphatic rings. The van der Waals surface area contributed by atoms with Crippen molar-refractivity contribution in [3.8, 4) is 0 Å². The van der Waals surface area contributed by atoms with Gasteiger partial charge < -0.3 is 10.2 Å². The summed E-state index contributed by atoms with van der Waals surface area (Å²) in [6.45, 7) is 7.40. The first-order valence-electron chi connectivity index (χ1n) is 8.99. The Hall–Kier alpha value is -2.15. The van der Waals surface area contributed by atoms with Gasteiger partial charge in [-0.1, -0.05) is 24.3 Å². The summed E-state index contributed by atoms with van der Waals surface area (Å²) in [4.78, 5) is 11.2. The Labute approximate surface area is 155 Å². The van der Waals surface area contributed by atoms with Gasteiger partial charge in [-0.15, -0.1) is 0 Å². The van der Waals surface area contributed by atoms with Crippen LogP contribution >= 0.6 is 0 Å². The molecule has 2 aromatic rings. The molecule has 0 spiro atoms. The summed E-state index contributed by atoms with van der Waals surface area (Å²) in [5, 5.41) is 3.37. The largest absolute Gasteiger partial charge is 0.366 e. The number of rotatable bonds is 6. The molecule has 0 saturated carbocycles. The number of benzene rings is 1. The van der Waals surface area contributed by atoms with Gasteiger partial charge >= 0.3 is 0 Å². The van der Waals surface area contributed by atoms with E-state index in [2.05, 4.69) is 34.3 Å². The molecule has 0 aliphatic carbocycles. The van der Waals surface area contributed by atoms with Crippen molar-refractivity contribution in [2.24, 2.45) is 0 Å². The molecule has 0 amide bonds. The smallest absolute Gasteiger partial charge is 0.227 e. The quantitative estimate of drug-likeness (QED) is 0.838. The Bertz CT molecular complexity index is 883. The van der Waals surface area contributed by atoms with Crippen molar-refractivity contribution in [2.45, 2.75) is 39.8 Å². The van der Waals surface area contributed by atoms with Gasteiger partial charge in [0.05, 0.1) is 11.5 Å². The molecule has 1 saturated heterocycles. The highest BCUT2D eigenvalue weighted by Gasteiger charge is 2.33. The summed E-state index contributed by atoms with van der Waals surface area (Å²) < 4.78 is 23.7. The Morgan fingerprint density at radius 2 is 2.00 bits per heavy atom. The van der Waals surface area contributed by atoms with Gasteiger partial charge in [0.25, 0.3) is 0 Å². The maximum Gasteiger partial charge on any atom is 0.227 e. The van der Waals surface area contributed by atoms with Crippen molar-refractivity contribution in [3.63, 3.8) is 0 Å². The SMILES string of the molecule is CCN(c1nc(C)cc(NCc2ccccc2C)n1)C1CCS(=O)(=O)C1. The number of nitrogens with one attached hydrogen (secondary N) is 1. The molecule has 0 radical (unpaired) electrons. The second kappa shape index (κ2) is 7.61. The topological polar surface area (TPSA) is 75.2 Å². The number of hydrogen-bond donors (Lipinski definition) is 1. The van der Waals surface area contributed by atoms with Gasteiger partial charge in [0, 0.05) is 30.9 Å². The van der Waals surface area contributed by atoms with Gasteiger partial charge in [-0.05, 0) is 38.3 Å². The number of sulfone groups is 1. The van der Waals surface area contributed by atoms with Crippen LogP contribution in [-0.4, -0.2) is 42.5 Å². The van der Waals surface area contributed by atoms with Crippen LogP contribution in [0.3, 0.4) is 0 Å². The highest BCUT2D eigenvalue weighted by Crippen LogP contribution is 2.23. The minimum absolute atomic E-state index is 0.0454. The average molecular weight is 375 g/mol. The Morgan fingerprint density at radius 1 is 1.23 bits per heavy atom. The molecule has 1 aromatic carbocycles. The highest BCUT2D eigenvalue weighted by molar-refractivity contribution is 7.91. The molecule has 1 atom stereocenters. The first kappa shape index (κ1) is 18.6. The van der Waals surface area contributed by atoms with Gasteiger partial charge in [0.1, 0.15) is 5.82 Å². The fraction of sp³-hybridized carbons (Fsp3) is 0.474. The third-order valence-electron chi connectivity index (χ3n) is 4.81. The summed E-state index contributed by atoms with van der Waals surface area (Å²) in [5.74, 6) is 1.79. The van der Waals surface area contributed by atoms with Crippen molar-refractivity contribution >= 4 is 21.6 Å². The molecule has 0 bridgehead atoms. The van der Waals surface area contributed by atoms with Crippen LogP contribution in [0.4, 0.5) is 11.8 Å². The van der Waals surface area contributed by atoms with Crippen molar-refractivity contribution < 1.29 is 8.42 Å². The van der Waals surface area contributed by atoms with Gasteiger partial charge in [-0.2, -0.15) is 4.98 Å². The normalized spacial score (nSPS) is 18.7. The lowest BCUT2D eigenvalue weighted by atomic mass is 10.1. The van der Waals surface area contributed by atoms with Crippen molar-refractivity contribution in [3.05, 3.63) is 47.2 Å². The zero-order valence-corrected chi connectivity index (χ0v) is 16.4. The average Bonchev–Trinajstić information content (AvgIpc) is 2.94. The molecule has 6 nitrogen and oxygen atoms in total. The minimum Gasteiger partial charge on any atom is -0.366 e. The van der Waals surface area contributed by atoms with Gasteiger partial charge in [0.2, 0.25) is 5.95 Å². The lowest BCUT2D eigenvalue weighted by Gasteiger charge is -2.27. The maximum absolute atomic E-state index is 11.8. The van der Waals surface area contributed by atoms with E-state index in [1.54, 1.807) is 0 Å². The van der Waals surface area contributed by atoms with Crippen LogP contribution in [0.2, 0.25) is 0 Å². The number of aromatic nitrogens is 2. The molecule has 1 aromatic heterocycles. The monoisotopic (exact) mass is 374 g/mol. The van der Waals surface area contributed by atoms with E-state index < -0.39 is 9.84 Å². The number of anilines is 2. The number of hydrogen-bond acceptors (Lipinski definition) is 6. The molecule has 1 unspecified atom stereocenters. The molecule has 26 heavy (non-hydrogen) atoms. The lowest BCUT2D eigenvalue weighted by molar-refractivity contribution is 0.599. The van der Waals surface area contributed by atoms with E-state index in [-0.39, 0.29) is 17.5 Å². The third-order valence-corrected chi connectivity index (χ3v) is 6.56. The van der Waals surface area contributed by atoms with Crippen molar-refractivity contribution in [1.29, 1.82) is 0 Å². The zero-order valence-electron chi connectivity index (χ0n) is 15.6. The molecule has 1 N–H and O–H groups in total. The predicted molar refractivity (Wildman–Crippen MR) is 105 cm³/mol. The second-order valence-corrected chi connectivity index (χ2v) is 9.05. The fourth-order valence-electron chi connectivity index (χ4n) is 3.35. The molecule has 2 heterocycles. The highest BCUT2D eigenvalue weighted by atomic mass is 32.2. The zero-order chi connectivity index (χ0) is 18.7. The Morgan fingerprint density at radius 3 is 2.65 bits per heavy atom. The molecule has 1 aliphatic heterocycles. The third kappa shape index (κ3) is 4.33. The first-order chi connectivity index (χ1) is 12.4. The van der Waals surface area contributed by atoms with E-state index in [0.29, 0.717) is 25.5 Å². The predicted octanol–water partition coefficient (Wildman–Crippen LogP) is 2.72. The van der Waals surface area contributed by atoms with Gasteiger partial charge in [0.15, 0.2) is 9.84 Å². The Balaban J connectivity index is 1.79. The second-order valence-electron chi connectivity index (χ2n) is 6.82. The lowest BCUT2D eigenvalue weighted by Crippen LogP contribution is -2.37. The summed E-state index contributed by atoms with van der Waals surface area (Å²) in [6, 6.07) is 10.1. The van der Waals surface area contributed by atoms with Crippen molar-refractivity contribution in [2.75, 3.05) is 28.3 Å². The molecular weight excluding hydrogens is 348 g/mol. The van der Waals surface area contributed by atoms with Crippen LogP contribution in [0.5, 0.6) is 0 Å². The molecular formula is C19H26N4O2S. The van der Waals surface area contributed by atoms with Crippen LogP contribution < -0.4 is 10.2 Å². The summed E-state index contributed by atoms with van der Waals surface area (Å²) in [6.07, 6.45) is 0.638. The Kier molecular flexibility index (Phi) is 5.46. The summed E-state index contributed by atoms with van der Waals surface area (Å²) in [7, 11) is -2.94. The molecule has 7 heteroatoms. The van der Waals surface area contributed by atoms with Crippen LogP contribution in [-0.2, 0) is 16.4 Å². The van der Waals surface area contributed by atoms with E-state index in [1.807, 2.05) is 36.9 Å². The van der Waals surface area contributed by atoms with Crippen LogP contribution in [0.1, 0.15) is 30.2 Å². The van der Waals surface area contributed by atoms with Crippen LogP contribution in [0.25, 0.3) is 0 Å². The van der Waals surface area contributed by atoms with E-state index in [1.165, 1.54) is 11.1 Å². The first-order valence-corrected chi connectivity index (χ1v) is 10.8. The van der Waals surface area contributed by atoms with Crippen LogP contribution in [0.15, 0.2) is 30.3 Å². The standard InChI is InChI=1S/C19H26N4O2S/c1-4-23(17-9-10-26(24,25)13-17)19-21-15(3)11-18(22-19)20-12-16-8-6-5-7-14(16)2/h5-8,11,17H,4,9-10,12-13H2,1-3H3,(H,20,21,22). The van der Waals surface area contributed by atoms with E-state index in [0.717, 1.165) is 11.5 Å². The molecule has 140 valence electrons. The summed E-state index contributed by atoms with van der Waals surface area (Å²) >= 11 is 0. The van der Waals surface area contributed by atoms with E-state index in [9.17, 15) is 8.42 Å². The van der Waals surface area contributed by atoms with E-state index >= 15 is 0 Å². The van der Waals surface area contributed by atoms with E-state index in [4.69, 9.17) is 0 Å². The number of nitrogens with zero attached hydrogens (tertiary/aromatic N) is 3. The van der Waals surface area contributed by atoms with Gasteiger partial charge in [-0.25, -0.2) is 13.4 Å². The van der Waals surface area contributed by atoms with Gasteiger partial charge in [-0.3, -0.25) is 0 Å². The fourth-order valence-corrected chi connectivity index (χ4v) is 5.08. The maximum atomic E-state index is 11.8. The minimum atomic E-state index is -2.94. The molecule has 1 fully saturated rings. The molecule has 3 rings (SSSR count). The summed E-state index contributed by atoms with van der Waals surface area (Å²) in [5.41, 5.74) is 3.32. The van der Waals surface area contributed by atoms with Crippen LogP contribution in [0, 0.1) is 13.8 Å². The van der Waals surface area contributed by atoms with Crippen molar-refractivity contribution in [1.82, 2.24) is 9.97 Å². The number of aryl methyl sites for hydroxylation is 2.